The zero-order valence-corrected chi connectivity index (χ0v) is 23.2. The molecule has 5 rings (SSSR count). The first kappa shape index (κ1) is 25.9. The van der Waals surface area contributed by atoms with Gasteiger partial charge in [0.15, 0.2) is 0 Å². The molecule has 2 heterocycles. The largest absolute Gasteiger partial charge is 0.330 e. The van der Waals surface area contributed by atoms with Crippen LogP contribution in [0.2, 0.25) is 5.02 Å². The van der Waals surface area contributed by atoms with Crippen LogP contribution in [0.5, 0.6) is 0 Å². The second kappa shape index (κ2) is 10.6. The molecule has 37 heavy (non-hydrogen) atoms. The minimum absolute atomic E-state index is 0.0555. The van der Waals surface area contributed by atoms with Crippen molar-refractivity contribution in [1.29, 1.82) is 0 Å². The van der Waals surface area contributed by atoms with Crippen molar-refractivity contribution in [2.45, 2.75) is 31.2 Å². The summed E-state index contributed by atoms with van der Waals surface area (Å²) >= 11 is 7.83. The van der Waals surface area contributed by atoms with Crippen LogP contribution in [0.25, 0.3) is 10.8 Å². The van der Waals surface area contributed by atoms with Crippen molar-refractivity contribution in [3.8, 4) is 0 Å². The summed E-state index contributed by atoms with van der Waals surface area (Å²) in [5, 5.41) is 4.51. The summed E-state index contributed by atoms with van der Waals surface area (Å²) in [6, 6.07) is 22.1. The van der Waals surface area contributed by atoms with Gasteiger partial charge in [-0.1, -0.05) is 67.9 Å². The number of hydrogen-bond donors (Lipinski definition) is 0. The Hall–Kier alpha value is -2.71. The van der Waals surface area contributed by atoms with E-state index in [2.05, 4.69) is 11.4 Å². The Balaban J connectivity index is 1.48. The van der Waals surface area contributed by atoms with Gasteiger partial charge in [-0.05, 0) is 69.9 Å². The number of thiophene rings is 1. The molecule has 0 fully saturated rings. The second-order valence-corrected chi connectivity index (χ2v) is 13.2. The van der Waals surface area contributed by atoms with Crippen LogP contribution in [0.1, 0.15) is 35.9 Å². The first-order chi connectivity index (χ1) is 17.7. The summed E-state index contributed by atoms with van der Waals surface area (Å²) < 4.78 is 29.0. The normalized spacial score (nSPS) is 15.9. The molecule has 8 heteroatoms. The SMILES string of the molecule is CC(C)CN(CC(=O)N1CCc2sccc2[C@@H]1c1ccc(Cl)cc1)S(=O)(=O)c1ccc2ccccc2c1. The molecular formula is C29H29ClN2O3S2. The van der Waals surface area contributed by atoms with Gasteiger partial charge in [0, 0.05) is 23.0 Å². The number of sulfonamides is 1. The van der Waals surface area contributed by atoms with Crippen molar-refractivity contribution in [2.24, 2.45) is 5.92 Å². The van der Waals surface area contributed by atoms with Crippen molar-refractivity contribution in [1.82, 2.24) is 9.21 Å². The minimum Gasteiger partial charge on any atom is -0.330 e. The lowest BCUT2D eigenvalue weighted by Crippen LogP contribution is -2.47. The van der Waals surface area contributed by atoms with Crippen molar-refractivity contribution in [2.75, 3.05) is 19.6 Å². The molecule has 0 bridgehead atoms. The third-order valence-electron chi connectivity index (χ3n) is 6.71. The number of nitrogens with zero attached hydrogens (tertiary/aromatic N) is 2. The smallest absolute Gasteiger partial charge is 0.243 e. The summed E-state index contributed by atoms with van der Waals surface area (Å²) in [7, 11) is -3.89. The van der Waals surface area contributed by atoms with Gasteiger partial charge in [-0.25, -0.2) is 8.42 Å². The van der Waals surface area contributed by atoms with E-state index in [9.17, 15) is 13.2 Å². The zero-order valence-electron chi connectivity index (χ0n) is 20.8. The second-order valence-electron chi connectivity index (χ2n) is 9.79. The molecule has 192 valence electrons. The van der Waals surface area contributed by atoms with E-state index in [0.29, 0.717) is 11.6 Å². The summed E-state index contributed by atoms with van der Waals surface area (Å²) in [5.74, 6) is -0.151. The summed E-state index contributed by atoms with van der Waals surface area (Å²) in [4.78, 5) is 17.1. The first-order valence-corrected chi connectivity index (χ1v) is 15.0. The maximum Gasteiger partial charge on any atom is 0.243 e. The van der Waals surface area contributed by atoms with Crippen LogP contribution in [-0.4, -0.2) is 43.2 Å². The Labute approximate surface area is 227 Å². The molecule has 0 aliphatic carbocycles. The average molecular weight is 553 g/mol. The highest BCUT2D eigenvalue weighted by Crippen LogP contribution is 2.38. The van der Waals surface area contributed by atoms with Gasteiger partial charge in [-0.2, -0.15) is 4.31 Å². The van der Waals surface area contributed by atoms with Crippen LogP contribution in [0, 0.1) is 5.92 Å². The quantitative estimate of drug-likeness (QED) is 0.267. The molecule has 1 aliphatic heterocycles. The van der Waals surface area contributed by atoms with Crippen LogP contribution in [0.4, 0.5) is 0 Å². The standard InChI is InChI=1S/C29H29ClN2O3S2/c1-20(2)18-31(37(34,35)25-12-9-21-5-3-4-6-23(21)17-25)19-28(33)32-15-13-27-26(14-16-36-27)29(32)22-7-10-24(30)11-8-22/h3-12,14,16-17,20,29H,13,15,18-19H2,1-2H3/t29-/m0/s1. The predicted octanol–water partition coefficient (Wildman–Crippen LogP) is 6.38. The molecule has 0 saturated heterocycles. The van der Waals surface area contributed by atoms with Crippen molar-refractivity contribution >= 4 is 49.6 Å². The monoisotopic (exact) mass is 552 g/mol. The van der Waals surface area contributed by atoms with Gasteiger partial charge in [0.05, 0.1) is 17.5 Å². The summed E-state index contributed by atoms with van der Waals surface area (Å²) in [6.07, 6.45) is 0.754. The lowest BCUT2D eigenvalue weighted by Gasteiger charge is -2.37. The first-order valence-electron chi connectivity index (χ1n) is 12.3. The highest BCUT2D eigenvalue weighted by molar-refractivity contribution is 7.89. The number of carbonyl (C=O) groups excluding carboxylic acids is 1. The maximum atomic E-state index is 13.9. The lowest BCUT2D eigenvalue weighted by molar-refractivity contribution is -0.133. The zero-order chi connectivity index (χ0) is 26.2. The van der Waals surface area contributed by atoms with Gasteiger partial charge in [0.2, 0.25) is 15.9 Å². The Bertz CT molecular complexity index is 1530. The molecule has 3 aromatic carbocycles. The number of benzene rings is 3. The van der Waals surface area contributed by atoms with Gasteiger partial charge < -0.3 is 4.90 Å². The number of amides is 1. The van der Waals surface area contributed by atoms with E-state index in [1.165, 1.54) is 9.18 Å². The molecule has 5 nitrogen and oxygen atoms in total. The Morgan fingerprint density at radius 1 is 1.05 bits per heavy atom. The van der Waals surface area contributed by atoms with Crippen LogP contribution < -0.4 is 0 Å². The number of fused-ring (bicyclic) bond motifs is 2. The minimum atomic E-state index is -3.89. The number of carbonyl (C=O) groups is 1. The highest BCUT2D eigenvalue weighted by atomic mass is 35.5. The Kier molecular flexibility index (Phi) is 7.41. The third kappa shape index (κ3) is 5.32. The van der Waals surface area contributed by atoms with Crippen LogP contribution in [0.3, 0.4) is 0 Å². The van der Waals surface area contributed by atoms with Crippen molar-refractivity contribution in [3.63, 3.8) is 0 Å². The van der Waals surface area contributed by atoms with Gasteiger partial charge in [0.25, 0.3) is 0 Å². The van der Waals surface area contributed by atoms with E-state index < -0.39 is 10.0 Å². The highest BCUT2D eigenvalue weighted by Gasteiger charge is 2.36. The van der Waals surface area contributed by atoms with Gasteiger partial charge in [-0.3, -0.25) is 4.79 Å². The molecule has 4 aromatic rings. The molecule has 1 aromatic heterocycles. The molecule has 1 atom stereocenters. The Morgan fingerprint density at radius 3 is 2.51 bits per heavy atom. The summed E-state index contributed by atoms with van der Waals surface area (Å²) in [5.41, 5.74) is 2.06. The number of halogens is 1. The van der Waals surface area contributed by atoms with Crippen molar-refractivity contribution in [3.05, 3.63) is 99.2 Å². The molecule has 1 amide bonds. The molecule has 0 spiro atoms. The van der Waals surface area contributed by atoms with E-state index in [-0.39, 0.29) is 35.9 Å². The van der Waals surface area contributed by atoms with Crippen LogP contribution in [0.15, 0.2) is 83.1 Å². The molecule has 0 saturated carbocycles. The van der Waals surface area contributed by atoms with Gasteiger partial charge >= 0.3 is 0 Å². The Morgan fingerprint density at radius 2 is 1.78 bits per heavy atom. The van der Waals surface area contributed by atoms with E-state index in [1.54, 1.807) is 23.5 Å². The third-order valence-corrected chi connectivity index (χ3v) is 9.77. The van der Waals surface area contributed by atoms with Gasteiger partial charge in [-0.15, -0.1) is 11.3 Å². The molecular weight excluding hydrogens is 524 g/mol. The summed E-state index contributed by atoms with van der Waals surface area (Å²) in [6.45, 7) is 4.50. The van der Waals surface area contributed by atoms with E-state index in [0.717, 1.165) is 28.3 Å². The van der Waals surface area contributed by atoms with E-state index >= 15 is 0 Å². The molecule has 0 radical (unpaired) electrons. The van der Waals surface area contributed by atoms with Gasteiger partial charge in [0.1, 0.15) is 0 Å². The topological polar surface area (TPSA) is 57.7 Å². The molecule has 0 N–H and O–H groups in total. The lowest BCUT2D eigenvalue weighted by atomic mass is 9.93. The van der Waals surface area contributed by atoms with Crippen molar-refractivity contribution < 1.29 is 13.2 Å². The van der Waals surface area contributed by atoms with Crippen LogP contribution >= 0.6 is 22.9 Å². The fourth-order valence-corrected chi connectivity index (χ4v) is 7.58. The molecule has 0 unspecified atom stereocenters. The molecule has 1 aliphatic rings. The van der Waals surface area contributed by atoms with E-state index in [1.807, 2.05) is 73.3 Å². The number of rotatable bonds is 7. The van der Waals surface area contributed by atoms with E-state index in [4.69, 9.17) is 11.6 Å². The number of hydrogen-bond acceptors (Lipinski definition) is 4. The predicted molar refractivity (Wildman–Crippen MR) is 151 cm³/mol. The maximum absolute atomic E-state index is 13.9. The fourth-order valence-electron chi connectivity index (χ4n) is 4.96. The van der Waals surface area contributed by atoms with Crippen LogP contribution in [-0.2, 0) is 21.2 Å². The fraction of sp³-hybridized carbons (Fsp3) is 0.276. The average Bonchev–Trinajstić information content (AvgIpc) is 3.37.